The van der Waals surface area contributed by atoms with Crippen LogP contribution in [0, 0.1) is 6.92 Å². The van der Waals surface area contributed by atoms with Crippen LogP contribution in [-0.4, -0.2) is 50.9 Å². The fraction of sp³-hybridized carbons (Fsp3) is 0.355. The molecule has 1 saturated carbocycles. The van der Waals surface area contributed by atoms with Crippen LogP contribution in [0.3, 0.4) is 0 Å². The third kappa shape index (κ3) is 7.38. The molecule has 0 aromatic heterocycles. The van der Waals surface area contributed by atoms with Gasteiger partial charge in [-0.2, -0.15) is 0 Å². The average Bonchev–Trinajstić information content (AvgIpc) is 3.49. The molecule has 1 N–H and O–H groups in total. The molecule has 1 aliphatic carbocycles. The molecule has 42 heavy (non-hydrogen) atoms. The molecular weight excluding hydrogens is 597 g/mol. The first kappa shape index (κ1) is 31.7. The van der Waals surface area contributed by atoms with Crippen molar-refractivity contribution in [1.29, 1.82) is 0 Å². The van der Waals surface area contributed by atoms with E-state index in [1.54, 1.807) is 50.4 Å². The normalized spacial score (nSPS) is 14.3. The van der Waals surface area contributed by atoms with Crippen molar-refractivity contribution in [2.75, 3.05) is 18.0 Å². The number of anilines is 1. The summed E-state index contributed by atoms with van der Waals surface area (Å²) in [5.74, 6) is -0.289. The molecule has 1 atom stereocenters. The summed E-state index contributed by atoms with van der Waals surface area (Å²) in [5, 5.41) is 3.19. The van der Waals surface area contributed by atoms with Gasteiger partial charge in [0.05, 0.1) is 27.7 Å². The van der Waals surface area contributed by atoms with E-state index in [-0.39, 0.29) is 39.1 Å². The fourth-order valence-corrected chi connectivity index (χ4v) is 6.85. The van der Waals surface area contributed by atoms with Crippen molar-refractivity contribution in [2.45, 2.75) is 63.1 Å². The molecule has 0 saturated heterocycles. The lowest BCUT2D eigenvalue weighted by Gasteiger charge is -2.33. The zero-order valence-corrected chi connectivity index (χ0v) is 26.2. The van der Waals surface area contributed by atoms with Crippen LogP contribution in [0.2, 0.25) is 10.0 Å². The van der Waals surface area contributed by atoms with Crippen LogP contribution in [0.25, 0.3) is 0 Å². The lowest BCUT2D eigenvalue weighted by molar-refractivity contribution is -0.139. The fourth-order valence-electron chi connectivity index (χ4n) is 4.98. The van der Waals surface area contributed by atoms with E-state index >= 15 is 0 Å². The molecule has 0 aliphatic heterocycles. The predicted octanol–water partition coefficient (Wildman–Crippen LogP) is 5.98. The topological polar surface area (TPSA) is 96.0 Å². The number of carbonyl (C=O) groups excluding carboxylic acids is 2. The van der Waals surface area contributed by atoms with E-state index in [1.165, 1.54) is 29.2 Å². The van der Waals surface area contributed by atoms with Gasteiger partial charge in [0.2, 0.25) is 11.8 Å². The van der Waals surface area contributed by atoms with E-state index in [4.69, 9.17) is 27.9 Å². The van der Waals surface area contributed by atoms with Crippen molar-refractivity contribution in [2.24, 2.45) is 0 Å². The van der Waals surface area contributed by atoms with Gasteiger partial charge in [-0.3, -0.25) is 13.9 Å². The van der Waals surface area contributed by atoms with Crippen LogP contribution < -0.4 is 14.4 Å². The Bertz CT molecular complexity index is 1530. The summed E-state index contributed by atoms with van der Waals surface area (Å²) in [4.78, 5) is 28.9. The maximum absolute atomic E-state index is 14.1. The zero-order chi connectivity index (χ0) is 30.4. The highest BCUT2D eigenvalue weighted by Crippen LogP contribution is 2.35. The summed E-state index contributed by atoms with van der Waals surface area (Å²) in [6.07, 6.45) is 3.85. The van der Waals surface area contributed by atoms with Crippen molar-refractivity contribution in [1.82, 2.24) is 10.2 Å². The number of aryl methyl sites for hydroxylation is 1. The van der Waals surface area contributed by atoms with Crippen molar-refractivity contribution in [3.8, 4) is 5.75 Å². The molecule has 3 aromatic carbocycles. The smallest absolute Gasteiger partial charge is 0.264 e. The molecule has 8 nitrogen and oxygen atoms in total. The monoisotopic (exact) mass is 631 g/mol. The number of amides is 2. The van der Waals surface area contributed by atoms with Crippen molar-refractivity contribution in [3.05, 3.63) is 87.9 Å². The number of hydrogen-bond acceptors (Lipinski definition) is 5. The number of rotatable bonds is 11. The number of sulfonamides is 1. The molecule has 0 spiro atoms. The summed E-state index contributed by atoms with van der Waals surface area (Å²) in [6.45, 7) is 2.94. The molecule has 2 amide bonds. The van der Waals surface area contributed by atoms with Crippen LogP contribution >= 0.6 is 23.2 Å². The first-order valence-electron chi connectivity index (χ1n) is 13.8. The molecule has 0 bridgehead atoms. The van der Waals surface area contributed by atoms with E-state index in [1.807, 2.05) is 13.0 Å². The SMILES string of the molecule is COc1cccc(CN(C(=O)CN(c2cccc(Cl)c2Cl)S(=O)(=O)c2ccc(C)cc2)[C@@H](C)C(=O)NC2CCCC2)c1. The van der Waals surface area contributed by atoms with Crippen LogP contribution in [-0.2, 0) is 26.2 Å². The van der Waals surface area contributed by atoms with Crippen molar-refractivity contribution < 1.29 is 22.7 Å². The third-order valence-corrected chi connectivity index (χ3v) is 10.0. The van der Waals surface area contributed by atoms with E-state index < -0.39 is 28.5 Å². The Hall–Kier alpha value is -3.27. The second kappa shape index (κ2) is 13.8. The van der Waals surface area contributed by atoms with E-state index in [2.05, 4.69) is 5.32 Å². The van der Waals surface area contributed by atoms with Crippen LogP contribution in [0.4, 0.5) is 5.69 Å². The Labute approximate surface area is 257 Å². The maximum atomic E-state index is 14.1. The highest BCUT2D eigenvalue weighted by atomic mass is 35.5. The van der Waals surface area contributed by atoms with Gasteiger partial charge in [0.1, 0.15) is 18.3 Å². The summed E-state index contributed by atoms with van der Waals surface area (Å²) < 4.78 is 34.3. The molecule has 224 valence electrons. The number of nitrogens with zero attached hydrogens (tertiary/aromatic N) is 2. The van der Waals surface area contributed by atoms with Crippen LogP contribution in [0.15, 0.2) is 71.6 Å². The molecule has 1 fully saturated rings. The molecule has 3 aromatic rings. The van der Waals surface area contributed by atoms with Crippen molar-refractivity contribution >= 4 is 50.7 Å². The summed E-state index contributed by atoms with van der Waals surface area (Å²) in [7, 11) is -2.72. The van der Waals surface area contributed by atoms with E-state index in [0.717, 1.165) is 41.1 Å². The Morgan fingerprint density at radius 1 is 1.02 bits per heavy atom. The Balaban J connectivity index is 1.72. The van der Waals surface area contributed by atoms with Gasteiger partial charge in [-0.05, 0) is 68.7 Å². The number of nitrogens with one attached hydrogen (secondary N) is 1. The maximum Gasteiger partial charge on any atom is 0.264 e. The Kier molecular flexibility index (Phi) is 10.4. The van der Waals surface area contributed by atoms with Gasteiger partial charge in [0, 0.05) is 12.6 Å². The number of ether oxygens (including phenoxy) is 1. The summed E-state index contributed by atoms with van der Waals surface area (Å²) in [6, 6.07) is 17.2. The quantitative estimate of drug-likeness (QED) is 0.281. The molecule has 11 heteroatoms. The summed E-state index contributed by atoms with van der Waals surface area (Å²) >= 11 is 12.8. The van der Waals surface area contributed by atoms with Gasteiger partial charge in [-0.1, -0.05) is 71.9 Å². The van der Waals surface area contributed by atoms with Crippen LogP contribution in [0.5, 0.6) is 5.75 Å². The van der Waals surface area contributed by atoms with Gasteiger partial charge in [-0.25, -0.2) is 8.42 Å². The number of carbonyl (C=O) groups is 2. The Morgan fingerprint density at radius 3 is 2.36 bits per heavy atom. The lowest BCUT2D eigenvalue weighted by Crippen LogP contribution is -2.52. The van der Waals surface area contributed by atoms with Crippen molar-refractivity contribution in [3.63, 3.8) is 0 Å². The minimum Gasteiger partial charge on any atom is -0.497 e. The molecule has 1 aliphatic rings. The summed E-state index contributed by atoms with van der Waals surface area (Å²) in [5.41, 5.74) is 1.66. The minimum atomic E-state index is -4.26. The second-order valence-corrected chi connectivity index (χ2v) is 13.1. The molecule has 4 rings (SSSR count). The molecule has 0 heterocycles. The first-order chi connectivity index (χ1) is 20.0. The predicted molar refractivity (Wildman–Crippen MR) is 166 cm³/mol. The first-order valence-corrected chi connectivity index (χ1v) is 16.0. The zero-order valence-electron chi connectivity index (χ0n) is 23.8. The second-order valence-electron chi connectivity index (χ2n) is 10.4. The van der Waals surface area contributed by atoms with E-state index in [9.17, 15) is 18.0 Å². The lowest BCUT2D eigenvalue weighted by atomic mass is 10.1. The number of methoxy groups -OCH3 is 1. The third-order valence-electron chi connectivity index (χ3n) is 7.44. The highest BCUT2D eigenvalue weighted by molar-refractivity contribution is 7.92. The van der Waals surface area contributed by atoms with Gasteiger partial charge in [0.25, 0.3) is 10.0 Å². The van der Waals surface area contributed by atoms with Gasteiger partial charge in [0.15, 0.2) is 0 Å². The largest absolute Gasteiger partial charge is 0.497 e. The van der Waals surface area contributed by atoms with Gasteiger partial charge in [-0.15, -0.1) is 0 Å². The molecule has 0 unspecified atom stereocenters. The molecule has 0 radical (unpaired) electrons. The highest BCUT2D eigenvalue weighted by Gasteiger charge is 2.34. The van der Waals surface area contributed by atoms with Gasteiger partial charge >= 0.3 is 0 Å². The number of benzene rings is 3. The standard InChI is InChI=1S/C31H35Cl2N3O5S/c1-21-14-16-26(17-15-21)42(39,40)36(28-13-7-12-27(32)30(28)33)20-29(37)35(19-23-8-6-11-25(18-23)41-3)22(2)31(38)34-24-9-4-5-10-24/h6-8,11-18,22,24H,4-5,9-10,19-20H2,1-3H3,(H,34,38)/t22-/m0/s1. The minimum absolute atomic E-state index is 0.00553. The number of hydrogen-bond donors (Lipinski definition) is 1. The number of halogens is 2. The van der Waals surface area contributed by atoms with Crippen LogP contribution in [0.1, 0.15) is 43.7 Å². The Morgan fingerprint density at radius 2 is 1.69 bits per heavy atom. The van der Waals surface area contributed by atoms with Gasteiger partial charge < -0.3 is 15.0 Å². The van der Waals surface area contributed by atoms with E-state index in [0.29, 0.717) is 5.75 Å². The average molecular weight is 633 g/mol. The molecular formula is C31H35Cl2N3O5S.